The first-order valence-electron chi connectivity index (χ1n) is 10.0. The molecule has 1 amide bonds. The van der Waals surface area contributed by atoms with Crippen molar-refractivity contribution in [3.63, 3.8) is 0 Å². The zero-order valence-electron chi connectivity index (χ0n) is 16.8. The van der Waals surface area contributed by atoms with Crippen molar-refractivity contribution in [2.45, 2.75) is 50.7 Å². The molecule has 1 N–H and O–H groups in total. The van der Waals surface area contributed by atoms with E-state index >= 15 is 0 Å². The normalized spacial score (nSPS) is 15.5. The van der Waals surface area contributed by atoms with Gasteiger partial charge in [0.25, 0.3) is 5.91 Å². The molecule has 1 aliphatic rings. The first-order valence-corrected chi connectivity index (χ1v) is 10.0. The Balaban J connectivity index is 1.64. The summed E-state index contributed by atoms with van der Waals surface area (Å²) in [7, 11) is 2.03. The topological polar surface area (TPSA) is 63.1 Å². The number of amides is 1. The summed E-state index contributed by atoms with van der Waals surface area (Å²) in [5.74, 6) is -1.67. The van der Waals surface area contributed by atoms with Gasteiger partial charge in [-0.15, -0.1) is 5.10 Å². The third-order valence-electron chi connectivity index (χ3n) is 5.38. The average Bonchev–Trinajstić information content (AvgIpc) is 3.17. The molecule has 0 bridgehead atoms. The van der Waals surface area contributed by atoms with E-state index in [0.717, 1.165) is 31.5 Å². The third kappa shape index (κ3) is 5.35. The molecule has 10 heteroatoms. The van der Waals surface area contributed by atoms with Crippen LogP contribution in [0.25, 0.3) is 5.69 Å². The van der Waals surface area contributed by atoms with E-state index in [2.05, 4.69) is 20.5 Å². The van der Waals surface area contributed by atoms with Gasteiger partial charge in [0.2, 0.25) is 0 Å². The zero-order chi connectivity index (χ0) is 21.7. The molecule has 2 aromatic rings. The highest BCUT2D eigenvalue weighted by atomic mass is 19.4. The van der Waals surface area contributed by atoms with Gasteiger partial charge in [-0.2, -0.15) is 13.2 Å². The molecule has 1 aliphatic carbocycles. The van der Waals surface area contributed by atoms with E-state index < -0.39 is 29.3 Å². The molecule has 1 heterocycles. The number of nitrogens with one attached hydrogen (secondary N) is 1. The number of alkyl halides is 3. The lowest BCUT2D eigenvalue weighted by Crippen LogP contribution is -2.36. The number of aromatic nitrogens is 3. The molecular formula is C20H25F4N5O. The lowest BCUT2D eigenvalue weighted by molar-refractivity contribution is -0.143. The summed E-state index contributed by atoms with van der Waals surface area (Å²) in [5, 5.41) is 9.36. The van der Waals surface area contributed by atoms with Crippen molar-refractivity contribution in [2.75, 3.05) is 20.1 Å². The van der Waals surface area contributed by atoms with Crippen LogP contribution >= 0.6 is 0 Å². The average molecular weight is 427 g/mol. The predicted octanol–water partition coefficient (Wildman–Crippen LogP) is 3.81. The highest BCUT2D eigenvalue weighted by Crippen LogP contribution is 2.32. The summed E-state index contributed by atoms with van der Waals surface area (Å²) < 4.78 is 54.7. The standard InChI is InChI=1S/C20H25F4N5O/c1-28(15-8-3-2-4-9-15)12-6-11-25-19(30)17-18(20(22,23)24)29(27-26-17)16-10-5-7-14(21)13-16/h5,7,10,13,15H,2-4,6,8-9,11-12H2,1H3,(H,25,30). The van der Waals surface area contributed by atoms with E-state index in [1.54, 1.807) is 0 Å². The van der Waals surface area contributed by atoms with Gasteiger partial charge in [0, 0.05) is 12.6 Å². The first-order chi connectivity index (χ1) is 14.3. The van der Waals surface area contributed by atoms with Crippen LogP contribution in [0.1, 0.15) is 54.7 Å². The molecule has 6 nitrogen and oxygen atoms in total. The maximum Gasteiger partial charge on any atom is 0.435 e. The number of halogens is 4. The first kappa shape index (κ1) is 22.2. The number of rotatable bonds is 7. The Morgan fingerprint density at radius 1 is 1.27 bits per heavy atom. The van der Waals surface area contributed by atoms with Gasteiger partial charge in [0.1, 0.15) is 5.82 Å². The van der Waals surface area contributed by atoms with E-state index in [-0.39, 0.29) is 12.2 Å². The van der Waals surface area contributed by atoms with Gasteiger partial charge in [0.15, 0.2) is 11.4 Å². The van der Waals surface area contributed by atoms with Crippen LogP contribution in [0.15, 0.2) is 24.3 Å². The SMILES string of the molecule is CN(CCCNC(=O)c1nnn(-c2cccc(F)c2)c1C(F)(F)F)C1CCCCC1. The van der Waals surface area contributed by atoms with E-state index in [4.69, 9.17) is 0 Å². The number of hydrogen-bond donors (Lipinski definition) is 1. The summed E-state index contributed by atoms with van der Waals surface area (Å²) in [4.78, 5) is 14.6. The molecule has 164 valence electrons. The smallest absolute Gasteiger partial charge is 0.351 e. The summed E-state index contributed by atoms with van der Waals surface area (Å²) >= 11 is 0. The van der Waals surface area contributed by atoms with Gasteiger partial charge >= 0.3 is 6.18 Å². The second kappa shape index (κ2) is 9.55. The molecule has 0 radical (unpaired) electrons. The molecule has 0 aliphatic heterocycles. The van der Waals surface area contributed by atoms with Crippen molar-refractivity contribution in [3.05, 3.63) is 41.5 Å². The Kier molecular flexibility index (Phi) is 7.06. The predicted molar refractivity (Wildman–Crippen MR) is 103 cm³/mol. The third-order valence-corrected chi connectivity index (χ3v) is 5.38. The highest BCUT2D eigenvalue weighted by molar-refractivity contribution is 5.93. The van der Waals surface area contributed by atoms with Crippen LogP contribution in [-0.4, -0.2) is 52.0 Å². The van der Waals surface area contributed by atoms with Gasteiger partial charge < -0.3 is 10.2 Å². The Labute approximate surface area is 172 Å². The number of nitrogens with zero attached hydrogens (tertiary/aromatic N) is 4. The number of hydrogen-bond acceptors (Lipinski definition) is 4. The van der Waals surface area contributed by atoms with E-state index in [1.807, 2.05) is 7.05 Å². The van der Waals surface area contributed by atoms with E-state index in [1.165, 1.54) is 31.4 Å². The monoisotopic (exact) mass is 427 g/mol. The van der Waals surface area contributed by atoms with Gasteiger partial charge in [-0.3, -0.25) is 4.79 Å². The summed E-state index contributed by atoms with van der Waals surface area (Å²) in [5.41, 5.74) is -2.32. The Hall–Kier alpha value is -2.49. The zero-order valence-corrected chi connectivity index (χ0v) is 16.8. The second-order valence-electron chi connectivity index (χ2n) is 7.56. The minimum atomic E-state index is -4.89. The van der Waals surface area contributed by atoms with Crippen LogP contribution < -0.4 is 5.32 Å². The van der Waals surface area contributed by atoms with Gasteiger partial charge in [-0.1, -0.05) is 30.5 Å². The van der Waals surface area contributed by atoms with Gasteiger partial charge in [-0.05, 0) is 51.1 Å². The Morgan fingerprint density at radius 2 is 2.00 bits per heavy atom. The molecule has 1 aromatic heterocycles. The highest BCUT2D eigenvalue weighted by Gasteiger charge is 2.42. The maximum absolute atomic E-state index is 13.6. The number of carbonyl (C=O) groups is 1. The number of benzene rings is 1. The lowest BCUT2D eigenvalue weighted by Gasteiger charge is -2.31. The largest absolute Gasteiger partial charge is 0.435 e. The molecule has 1 saturated carbocycles. The fourth-order valence-corrected chi connectivity index (χ4v) is 3.80. The Bertz CT molecular complexity index is 861. The molecule has 1 aromatic carbocycles. The minimum Gasteiger partial charge on any atom is -0.351 e. The van der Waals surface area contributed by atoms with Crippen molar-refractivity contribution in [2.24, 2.45) is 0 Å². The number of carbonyl (C=O) groups excluding carboxylic acids is 1. The molecular weight excluding hydrogens is 402 g/mol. The molecule has 0 saturated heterocycles. The summed E-state index contributed by atoms with van der Waals surface area (Å²) in [6.45, 7) is 0.965. The van der Waals surface area contributed by atoms with Crippen molar-refractivity contribution in [3.8, 4) is 5.69 Å². The van der Waals surface area contributed by atoms with Crippen LogP contribution in [0, 0.1) is 5.82 Å². The maximum atomic E-state index is 13.6. The quantitative estimate of drug-likeness (QED) is 0.539. The Morgan fingerprint density at radius 3 is 2.67 bits per heavy atom. The summed E-state index contributed by atoms with van der Waals surface area (Å²) in [6, 6.07) is 5.04. The van der Waals surface area contributed by atoms with E-state index in [0.29, 0.717) is 17.1 Å². The summed E-state index contributed by atoms with van der Waals surface area (Å²) in [6.07, 6.45) is 1.72. The van der Waals surface area contributed by atoms with Crippen molar-refractivity contribution in [1.29, 1.82) is 0 Å². The van der Waals surface area contributed by atoms with Crippen LogP contribution in [0.4, 0.5) is 17.6 Å². The van der Waals surface area contributed by atoms with Crippen LogP contribution in [0.3, 0.4) is 0 Å². The van der Waals surface area contributed by atoms with Crippen LogP contribution in [0.2, 0.25) is 0 Å². The second-order valence-corrected chi connectivity index (χ2v) is 7.56. The van der Waals surface area contributed by atoms with E-state index in [9.17, 15) is 22.4 Å². The fraction of sp³-hybridized carbons (Fsp3) is 0.550. The lowest BCUT2D eigenvalue weighted by atomic mass is 9.94. The molecule has 1 fully saturated rings. The molecule has 0 atom stereocenters. The molecule has 0 unspecified atom stereocenters. The molecule has 30 heavy (non-hydrogen) atoms. The van der Waals surface area contributed by atoms with Crippen LogP contribution in [0.5, 0.6) is 0 Å². The van der Waals surface area contributed by atoms with Crippen molar-refractivity contribution >= 4 is 5.91 Å². The molecule has 0 spiro atoms. The van der Waals surface area contributed by atoms with Crippen molar-refractivity contribution in [1.82, 2.24) is 25.2 Å². The van der Waals surface area contributed by atoms with Gasteiger partial charge in [-0.25, -0.2) is 9.07 Å². The van der Waals surface area contributed by atoms with Crippen molar-refractivity contribution < 1.29 is 22.4 Å². The molecule has 3 rings (SSSR count). The van der Waals surface area contributed by atoms with Crippen LogP contribution in [-0.2, 0) is 6.18 Å². The van der Waals surface area contributed by atoms with Gasteiger partial charge in [0.05, 0.1) is 5.69 Å². The minimum absolute atomic E-state index is 0.164. The fourth-order valence-electron chi connectivity index (χ4n) is 3.80.